The van der Waals surface area contributed by atoms with Crippen molar-refractivity contribution in [3.05, 3.63) is 28.2 Å². The molecule has 1 rings (SSSR count). The van der Waals surface area contributed by atoms with E-state index >= 15 is 0 Å². The fourth-order valence-electron chi connectivity index (χ4n) is 0.914. The minimum absolute atomic E-state index is 0.293. The van der Waals surface area contributed by atoms with Crippen LogP contribution in [-0.4, -0.2) is 11.9 Å². The van der Waals surface area contributed by atoms with Crippen LogP contribution in [0.25, 0.3) is 0 Å². The van der Waals surface area contributed by atoms with E-state index in [1.165, 1.54) is 19.9 Å². The van der Waals surface area contributed by atoms with Crippen molar-refractivity contribution in [3.8, 4) is 5.75 Å². The van der Waals surface area contributed by atoms with E-state index in [0.29, 0.717) is 10.8 Å². The summed E-state index contributed by atoms with van der Waals surface area (Å²) in [7, 11) is 0. The van der Waals surface area contributed by atoms with Crippen LogP contribution in [-0.2, 0) is 4.79 Å². The molecule has 15 heavy (non-hydrogen) atoms. The standard InChI is InChI=1S/C10H9BrF2O2/c1-10(2,5-14)15-8-4-6(11)3-7(12)9(8)13/h3-5H,1-2H3. The second-order valence-electron chi connectivity index (χ2n) is 3.52. The van der Waals surface area contributed by atoms with E-state index in [4.69, 9.17) is 4.74 Å². The molecule has 0 saturated heterocycles. The van der Waals surface area contributed by atoms with Crippen molar-refractivity contribution in [1.29, 1.82) is 0 Å². The maximum Gasteiger partial charge on any atom is 0.200 e. The Hall–Kier alpha value is -0.970. The summed E-state index contributed by atoms with van der Waals surface area (Å²) in [6.07, 6.45) is 0.519. The Morgan fingerprint density at radius 1 is 1.40 bits per heavy atom. The Labute approximate surface area is 94.4 Å². The largest absolute Gasteiger partial charge is 0.477 e. The van der Waals surface area contributed by atoms with E-state index in [1.807, 2.05) is 0 Å². The lowest BCUT2D eigenvalue weighted by Gasteiger charge is -2.20. The minimum atomic E-state index is -1.19. The first kappa shape index (κ1) is 12.1. The molecule has 2 nitrogen and oxygen atoms in total. The molecule has 0 aliphatic heterocycles. The lowest BCUT2D eigenvalue weighted by Crippen LogP contribution is -2.30. The first-order chi connectivity index (χ1) is 6.85. The molecule has 0 fully saturated rings. The van der Waals surface area contributed by atoms with Gasteiger partial charge in [0.25, 0.3) is 0 Å². The van der Waals surface area contributed by atoms with Gasteiger partial charge in [-0.1, -0.05) is 15.9 Å². The van der Waals surface area contributed by atoms with Gasteiger partial charge in [-0.2, -0.15) is 4.39 Å². The molecule has 0 bridgehead atoms. The average molecular weight is 279 g/mol. The Bertz CT molecular complexity index is 391. The van der Waals surface area contributed by atoms with E-state index in [2.05, 4.69) is 15.9 Å². The van der Waals surface area contributed by atoms with Gasteiger partial charge in [0.05, 0.1) is 0 Å². The zero-order valence-electron chi connectivity index (χ0n) is 8.18. The van der Waals surface area contributed by atoms with E-state index in [9.17, 15) is 13.6 Å². The van der Waals surface area contributed by atoms with Crippen LogP contribution in [0.5, 0.6) is 5.75 Å². The number of hydrogen-bond donors (Lipinski definition) is 0. The van der Waals surface area contributed by atoms with E-state index in [0.717, 1.165) is 6.07 Å². The highest BCUT2D eigenvalue weighted by Crippen LogP contribution is 2.27. The van der Waals surface area contributed by atoms with Crippen molar-refractivity contribution in [2.75, 3.05) is 0 Å². The van der Waals surface area contributed by atoms with Gasteiger partial charge < -0.3 is 4.74 Å². The molecule has 0 atom stereocenters. The molecule has 0 aliphatic rings. The summed E-state index contributed by atoms with van der Waals surface area (Å²) in [5.41, 5.74) is -1.19. The van der Waals surface area contributed by atoms with E-state index in [-0.39, 0.29) is 5.75 Å². The van der Waals surface area contributed by atoms with Crippen molar-refractivity contribution < 1.29 is 18.3 Å². The van der Waals surface area contributed by atoms with Crippen molar-refractivity contribution in [2.24, 2.45) is 0 Å². The molecule has 1 aromatic carbocycles. The van der Waals surface area contributed by atoms with Gasteiger partial charge in [-0.05, 0) is 26.0 Å². The first-order valence-electron chi connectivity index (χ1n) is 4.15. The summed E-state index contributed by atoms with van der Waals surface area (Å²) in [4.78, 5) is 10.6. The number of aldehydes is 1. The molecule has 0 saturated carbocycles. The monoisotopic (exact) mass is 278 g/mol. The van der Waals surface area contributed by atoms with Gasteiger partial charge in [-0.15, -0.1) is 0 Å². The summed E-state index contributed by atoms with van der Waals surface area (Å²) in [6, 6.07) is 2.25. The van der Waals surface area contributed by atoms with Crippen LogP contribution < -0.4 is 4.74 Å². The Morgan fingerprint density at radius 2 is 2.00 bits per heavy atom. The molecule has 0 spiro atoms. The third kappa shape index (κ3) is 2.99. The summed E-state index contributed by atoms with van der Waals surface area (Å²) >= 11 is 3.00. The number of carbonyl (C=O) groups excluding carboxylic acids is 1. The minimum Gasteiger partial charge on any atom is -0.477 e. The number of benzene rings is 1. The highest BCUT2D eigenvalue weighted by molar-refractivity contribution is 9.10. The molecule has 5 heteroatoms. The summed E-state index contributed by atoms with van der Waals surface area (Å²) in [5, 5.41) is 0. The molecule has 82 valence electrons. The van der Waals surface area contributed by atoms with Gasteiger partial charge in [0.2, 0.25) is 5.82 Å². The fraction of sp³-hybridized carbons (Fsp3) is 0.300. The molecular formula is C10H9BrF2O2. The topological polar surface area (TPSA) is 26.3 Å². The molecule has 0 radical (unpaired) electrons. The van der Waals surface area contributed by atoms with Gasteiger partial charge in [0.1, 0.15) is 0 Å². The predicted molar refractivity (Wildman–Crippen MR) is 54.8 cm³/mol. The Balaban J connectivity index is 3.10. The maximum absolute atomic E-state index is 13.2. The van der Waals surface area contributed by atoms with Crippen LogP contribution in [0.2, 0.25) is 0 Å². The van der Waals surface area contributed by atoms with Gasteiger partial charge in [0, 0.05) is 4.47 Å². The quantitative estimate of drug-likeness (QED) is 0.627. The molecule has 0 unspecified atom stereocenters. The molecule has 1 aromatic rings. The Morgan fingerprint density at radius 3 is 2.53 bits per heavy atom. The second kappa shape index (κ2) is 4.26. The zero-order chi connectivity index (χ0) is 11.6. The van der Waals surface area contributed by atoms with Crippen LogP contribution in [0.15, 0.2) is 16.6 Å². The molecule has 0 aromatic heterocycles. The SMILES string of the molecule is CC(C)(C=O)Oc1cc(Br)cc(F)c1F. The molecule has 0 N–H and O–H groups in total. The number of halogens is 3. The molecular weight excluding hydrogens is 270 g/mol. The number of carbonyl (C=O) groups is 1. The third-order valence-corrected chi connectivity index (χ3v) is 2.07. The first-order valence-corrected chi connectivity index (χ1v) is 4.95. The van der Waals surface area contributed by atoms with Gasteiger partial charge in [-0.3, -0.25) is 4.79 Å². The zero-order valence-corrected chi connectivity index (χ0v) is 9.77. The van der Waals surface area contributed by atoms with Crippen LogP contribution in [0.1, 0.15) is 13.8 Å². The van der Waals surface area contributed by atoms with Crippen LogP contribution in [0.3, 0.4) is 0 Å². The Kier molecular flexibility index (Phi) is 3.44. The average Bonchev–Trinajstić information content (AvgIpc) is 2.13. The summed E-state index contributed by atoms with van der Waals surface area (Å²) in [6.45, 7) is 2.91. The van der Waals surface area contributed by atoms with Gasteiger partial charge in [0.15, 0.2) is 23.5 Å². The van der Waals surface area contributed by atoms with Crippen LogP contribution in [0.4, 0.5) is 8.78 Å². The van der Waals surface area contributed by atoms with Crippen molar-refractivity contribution >= 4 is 22.2 Å². The van der Waals surface area contributed by atoms with Crippen LogP contribution >= 0.6 is 15.9 Å². The highest BCUT2D eigenvalue weighted by atomic mass is 79.9. The smallest absolute Gasteiger partial charge is 0.200 e. The lowest BCUT2D eigenvalue weighted by atomic mass is 10.2. The normalized spacial score (nSPS) is 11.3. The van der Waals surface area contributed by atoms with Crippen LogP contribution in [0, 0.1) is 11.6 Å². The molecule has 0 amide bonds. The summed E-state index contributed by atoms with van der Waals surface area (Å²) in [5.74, 6) is -2.42. The molecule has 0 heterocycles. The maximum atomic E-state index is 13.2. The van der Waals surface area contributed by atoms with Crippen molar-refractivity contribution in [2.45, 2.75) is 19.4 Å². The third-order valence-electron chi connectivity index (χ3n) is 1.62. The summed E-state index contributed by atoms with van der Waals surface area (Å²) < 4.78 is 31.5. The van der Waals surface area contributed by atoms with Gasteiger partial charge in [-0.25, -0.2) is 4.39 Å². The van der Waals surface area contributed by atoms with Gasteiger partial charge >= 0.3 is 0 Å². The highest BCUT2D eigenvalue weighted by Gasteiger charge is 2.22. The number of hydrogen-bond acceptors (Lipinski definition) is 2. The second-order valence-corrected chi connectivity index (χ2v) is 4.44. The molecule has 0 aliphatic carbocycles. The van der Waals surface area contributed by atoms with E-state index < -0.39 is 17.2 Å². The number of ether oxygens (including phenoxy) is 1. The van der Waals surface area contributed by atoms with Crippen molar-refractivity contribution in [3.63, 3.8) is 0 Å². The number of rotatable bonds is 3. The van der Waals surface area contributed by atoms with Crippen molar-refractivity contribution in [1.82, 2.24) is 0 Å². The predicted octanol–water partition coefficient (Wildman–Crippen LogP) is 3.08. The fourth-order valence-corrected chi connectivity index (χ4v) is 1.32. The van der Waals surface area contributed by atoms with E-state index in [1.54, 1.807) is 0 Å². The lowest BCUT2D eigenvalue weighted by molar-refractivity contribution is -0.119.